The van der Waals surface area contributed by atoms with Crippen molar-refractivity contribution in [3.05, 3.63) is 22.6 Å². The Bertz CT molecular complexity index is 936. The van der Waals surface area contributed by atoms with Gasteiger partial charge in [0.05, 0.1) is 24.8 Å². The number of carbonyl (C=O) groups is 3. The Balaban J connectivity index is 1.57. The van der Waals surface area contributed by atoms with Crippen LogP contribution in [0.1, 0.15) is 37.7 Å². The zero-order valence-corrected chi connectivity index (χ0v) is 19.4. The molecule has 1 aromatic carbocycles. The van der Waals surface area contributed by atoms with Crippen LogP contribution in [-0.2, 0) is 9.59 Å². The third kappa shape index (κ3) is 4.57. The molecule has 32 heavy (non-hydrogen) atoms. The van der Waals surface area contributed by atoms with E-state index in [1.54, 1.807) is 25.2 Å². The Morgan fingerprint density at radius 1 is 0.969 bits per heavy atom. The number of carbonyl (C=O) groups excluding carboxylic acids is 3. The molecular formula is C23H29N3O5S. The van der Waals surface area contributed by atoms with Crippen LogP contribution in [0.5, 0.6) is 11.5 Å². The highest BCUT2D eigenvalue weighted by molar-refractivity contribution is 8.18. The molecule has 3 aliphatic heterocycles. The van der Waals surface area contributed by atoms with Gasteiger partial charge in [-0.25, -0.2) is 0 Å². The smallest absolute Gasteiger partial charge is 0.294 e. The van der Waals surface area contributed by atoms with Crippen LogP contribution in [-0.4, -0.2) is 73.8 Å². The van der Waals surface area contributed by atoms with E-state index in [1.165, 1.54) is 6.42 Å². The third-order valence-corrected chi connectivity index (χ3v) is 7.05. The molecule has 0 aromatic heterocycles. The Morgan fingerprint density at radius 2 is 1.62 bits per heavy atom. The molecule has 0 aliphatic carbocycles. The Labute approximate surface area is 192 Å². The molecule has 0 radical (unpaired) electrons. The third-order valence-electron chi connectivity index (χ3n) is 6.14. The van der Waals surface area contributed by atoms with Crippen LogP contribution in [0, 0.1) is 0 Å². The highest BCUT2D eigenvalue weighted by Crippen LogP contribution is 2.40. The monoisotopic (exact) mass is 459 g/mol. The second-order valence-electron chi connectivity index (χ2n) is 8.17. The van der Waals surface area contributed by atoms with Gasteiger partial charge in [0.1, 0.15) is 18.0 Å². The average molecular weight is 460 g/mol. The van der Waals surface area contributed by atoms with Gasteiger partial charge in [-0.2, -0.15) is 0 Å². The van der Waals surface area contributed by atoms with Crippen molar-refractivity contribution in [2.75, 3.05) is 51.8 Å². The van der Waals surface area contributed by atoms with E-state index < -0.39 is 11.1 Å². The number of nitrogens with zero attached hydrogens (tertiary/aromatic N) is 3. The minimum Gasteiger partial charge on any atom is -0.496 e. The number of hydrogen-bond acceptors (Lipinski definition) is 7. The minimum atomic E-state index is -0.450. The molecule has 3 aliphatic rings. The maximum Gasteiger partial charge on any atom is 0.294 e. The first-order chi connectivity index (χ1) is 15.5. The van der Waals surface area contributed by atoms with Crippen molar-refractivity contribution in [2.24, 2.45) is 0 Å². The number of rotatable bonds is 6. The molecule has 172 valence electrons. The van der Waals surface area contributed by atoms with Crippen LogP contribution < -0.4 is 14.4 Å². The number of ether oxygens (including phenoxy) is 2. The minimum absolute atomic E-state index is 0.184. The fraction of sp³-hybridized carbons (Fsp3) is 0.522. The van der Waals surface area contributed by atoms with E-state index in [0.717, 1.165) is 61.1 Å². The zero-order valence-electron chi connectivity index (χ0n) is 18.6. The van der Waals surface area contributed by atoms with Crippen LogP contribution in [0.25, 0.3) is 6.08 Å². The fourth-order valence-corrected chi connectivity index (χ4v) is 5.21. The van der Waals surface area contributed by atoms with Crippen molar-refractivity contribution in [1.82, 2.24) is 9.80 Å². The van der Waals surface area contributed by atoms with Crippen molar-refractivity contribution in [3.63, 3.8) is 0 Å². The van der Waals surface area contributed by atoms with Crippen LogP contribution in [0.4, 0.5) is 10.5 Å². The lowest BCUT2D eigenvalue weighted by molar-refractivity contribution is -0.135. The number of thioether (sulfide) groups is 1. The number of benzene rings is 1. The summed E-state index contributed by atoms with van der Waals surface area (Å²) in [5.41, 5.74) is 1.62. The topological polar surface area (TPSA) is 79.4 Å². The van der Waals surface area contributed by atoms with Crippen LogP contribution in [0.3, 0.4) is 0 Å². The van der Waals surface area contributed by atoms with Crippen LogP contribution in [0.15, 0.2) is 17.0 Å². The first-order valence-corrected chi connectivity index (χ1v) is 11.9. The summed E-state index contributed by atoms with van der Waals surface area (Å²) in [5.74, 6) is 0.665. The summed E-state index contributed by atoms with van der Waals surface area (Å²) in [6, 6.07) is 3.77. The fourth-order valence-electron chi connectivity index (χ4n) is 4.38. The maximum absolute atomic E-state index is 12.9. The standard InChI is InChI=1S/C23H29N3O5S/c1-30-18-14-17(24-8-4-3-5-9-24)19(31-2)12-16(18)13-20-22(28)26(23(29)32-20)15-21(27)25-10-6-7-11-25/h12-14H,3-11,15H2,1-2H3/b20-13+. The van der Waals surface area contributed by atoms with Gasteiger partial charge in [0, 0.05) is 37.8 Å². The van der Waals surface area contributed by atoms with Crippen molar-refractivity contribution >= 4 is 40.6 Å². The van der Waals surface area contributed by atoms with E-state index >= 15 is 0 Å². The first-order valence-electron chi connectivity index (χ1n) is 11.1. The molecule has 8 nitrogen and oxygen atoms in total. The van der Waals surface area contributed by atoms with Crippen molar-refractivity contribution in [1.29, 1.82) is 0 Å². The van der Waals surface area contributed by atoms with Gasteiger partial charge in [-0.3, -0.25) is 19.3 Å². The van der Waals surface area contributed by atoms with Crippen LogP contribution in [0.2, 0.25) is 0 Å². The number of amides is 3. The molecule has 3 amide bonds. The molecular weight excluding hydrogens is 430 g/mol. The van der Waals surface area contributed by atoms with E-state index in [-0.39, 0.29) is 17.4 Å². The molecule has 0 N–H and O–H groups in total. The molecule has 0 spiro atoms. The molecule has 0 atom stereocenters. The normalized spacial score (nSPS) is 20.4. The number of likely N-dealkylation sites (tertiary alicyclic amines) is 1. The van der Waals surface area contributed by atoms with Crippen molar-refractivity contribution in [3.8, 4) is 11.5 Å². The first kappa shape index (κ1) is 22.5. The quantitative estimate of drug-likeness (QED) is 0.604. The number of imide groups is 1. The van der Waals surface area contributed by atoms with Gasteiger partial charge in [-0.1, -0.05) is 0 Å². The summed E-state index contributed by atoms with van der Waals surface area (Å²) in [6.07, 6.45) is 7.06. The summed E-state index contributed by atoms with van der Waals surface area (Å²) in [6.45, 7) is 3.08. The maximum atomic E-state index is 12.9. The Morgan fingerprint density at radius 3 is 2.28 bits per heavy atom. The number of hydrogen-bond donors (Lipinski definition) is 0. The van der Waals surface area contributed by atoms with E-state index in [4.69, 9.17) is 9.47 Å². The van der Waals surface area contributed by atoms with Crippen molar-refractivity contribution < 1.29 is 23.9 Å². The van der Waals surface area contributed by atoms with E-state index in [2.05, 4.69) is 4.90 Å². The van der Waals surface area contributed by atoms with Gasteiger partial charge < -0.3 is 19.3 Å². The van der Waals surface area contributed by atoms with E-state index in [1.807, 2.05) is 12.1 Å². The Hall–Kier alpha value is -2.68. The van der Waals surface area contributed by atoms with Gasteiger partial charge in [0.15, 0.2) is 0 Å². The second-order valence-corrected chi connectivity index (χ2v) is 9.16. The molecule has 0 bridgehead atoms. The predicted octanol–water partition coefficient (Wildman–Crippen LogP) is 3.35. The van der Waals surface area contributed by atoms with Gasteiger partial charge >= 0.3 is 0 Å². The number of piperidine rings is 1. The number of anilines is 1. The van der Waals surface area contributed by atoms with E-state index in [0.29, 0.717) is 30.2 Å². The lowest BCUT2D eigenvalue weighted by Crippen LogP contribution is -2.40. The average Bonchev–Trinajstić information content (AvgIpc) is 3.44. The lowest BCUT2D eigenvalue weighted by Gasteiger charge is -2.30. The molecule has 4 rings (SSSR count). The molecule has 3 saturated heterocycles. The van der Waals surface area contributed by atoms with Gasteiger partial charge in [-0.15, -0.1) is 0 Å². The molecule has 9 heteroatoms. The van der Waals surface area contributed by atoms with Gasteiger partial charge in [-0.05, 0) is 56.0 Å². The zero-order chi connectivity index (χ0) is 22.7. The highest BCUT2D eigenvalue weighted by Gasteiger charge is 2.37. The molecule has 0 saturated carbocycles. The second kappa shape index (κ2) is 9.85. The van der Waals surface area contributed by atoms with Crippen molar-refractivity contribution in [2.45, 2.75) is 32.1 Å². The van der Waals surface area contributed by atoms with E-state index in [9.17, 15) is 14.4 Å². The SMILES string of the molecule is COc1cc(N2CCCCC2)c(OC)cc1/C=C1/SC(=O)N(CC(=O)N2CCCC2)C1=O. The summed E-state index contributed by atoms with van der Waals surface area (Å²) in [5, 5.41) is -0.426. The summed E-state index contributed by atoms with van der Waals surface area (Å²) < 4.78 is 11.2. The summed E-state index contributed by atoms with van der Waals surface area (Å²) in [7, 11) is 3.20. The predicted molar refractivity (Wildman–Crippen MR) is 124 cm³/mol. The molecule has 3 fully saturated rings. The largest absolute Gasteiger partial charge is 0.496 e. The lowest BCUT2D eigenvalue weighted by atomic mass is 10.1. The number of methoxy groups -OCH3 is 2. The summed E-state index contributed by atoms with van der Waals surface area (Å²) >= 11 is 0.847. The molecule has 0 unspecified atom stereocenters. The summed E-state index contributed by atoms with van der Waals surface area (Å²) in [4.78, 5) is 43.1. The van der Waals surface area contributed by atoms with Gasteiger partial charge in [0.25, 0.3) is 11.1 Å². The molecule has 1 aromatic rings. The molecule has 3 heterocycles. The van der Waals surface area contributed by atoms with Gasteiger partial charge in [0.2, 0.25) is 5.91 Å². The Kier molecular flexibility index (Phi) is 6.93. The van der Waals surface area contributed by atoms with Crippen LogP contribution >= 0.6 is 11.8 Å². The highest BCUT2D eigenvalue weighted by atomic mass is 32.2.